The van der Waals surface area contributed by atoms with Crippen LogP contribution in [-0.2, 0) is 6.54 Å². The first-order chi connectivity index (χ1) is 10.3. The number of aromatic amines is 1. The molecule has 21 heavy (non-hydrogen) atoms. The van der Waals surface area contributed by atoms with Crippen molar-refractivity contribution in [2.45, 2.75) is 25.9 Å². The summed E-state index contributed by atoms with van der Waals surface area (Å²) in [6.45, 7) is 4.63. The standard InChI is InChI=1S/C19H22N2/c1-14-17-7-3-2-6-15(17)10-11-21(14)13-16-12-20-19-9-5-4-8-18(16)19/h2-9,12,14-15,17,20H,10-11,13H2,1H3. The van der Waals surface area contributed by atoms with Crippen molar-refractivity contribution in [3.05, 3.63) is 60.3 Å². The predicted molar refractivity (Wildman–Crippen MR) is 88.0 cm³/mol. The average molecular weight is 278 g/mol. The molecule has 0 spiro atoms. The third kappa shape index (κ3) is 2.24. The quantitative estimate of drug-likeness (QED) is 0.875. The summed E-state index contributed by atoms with van der Waals surface area (Å²) in [5, 5.41) is 1.37. The number of hydrogen-bond donors (Lipinski definition) is 1. The molecule has 0 bridgehead atoms. The van der Waals surface area contributed by atoms with Crippen molar-refractivity contribution >= 4 is 10.9 Å². The van der Waals surface area contributed by atoms with E-state index in [2.05, 4.69) is 71.6 Å². The van der Waals surface area contributed by atoms with Crippen molar-refractivity contribution in [1.29, 1.82) is 0 Å². The first-order valence-corrected chi connectivity index (χ1v) is 7.97. The van der Waals surface area contributed by atoms with Crippen LogP contribution in [0.15, 0.2) is 54.8 Å². The van der Waals surface area contributed by atoms with E-state index in [4.69, 9.17) is 0 Å². The highest BCUT2D eigenvalue weighted by Gasteiger charge is 2.33. The second-order valence-electron chi connectivity index (χ2n) is 6.37. The smallest absolute Gasteiger partial charge is 0.0457 e. The van der Waals surface area contributed by atoms with Gasteiger partial charge in [0.1, 0.15) is 0 Å². The molecule has 2 heteroatoms. The zero-order chi connectivity index (χ0) is 14.2. The fraction of sp³-hybridized carbons (Fsp3) is 0.368. The SMILES string of the molecule is CC1C2C=CC=CC2CCN1Cc1c[nH]c2ccccc12. The minimum Gasteiger partial charge on any atom is -0.361 e. The number of benzene rings is 1. The molecule has 2 aliphatic rings. The highest BCUT2D eigenvalue weighted by Crippen LogP contribution is 2.34. The van der Waals surface area contributed by atoms with Crippen LogP contribution in [0.1, 0.15) is 18.9 Å². The minimum atomic E-state index is 0.610. The molecular weight excluding hydrogens is 256 g/mol. The Hall–Kier alpha value is -1.80. The van der Waals surface area contributed by atoms with Crippen molar-refractivity contribution < 1.29 is 0 Å². The van der Waals surface area contributed by atoms with Crippen LogP contribution in [0.3, 0.4) is 0 Å². The zero-order valence-corrected chi connectivity index (χ0v) is 12.5. The second-order valence-corrected chi connectivity index (χ2v) is 6.37. The van der Waals surface area contributed by atoms with Gasteiger partial charge in [-0.25, -0.2) is 0 Å². The van der Waals surface area contributed by atoms with Gasteiger partial charge in [-0.3, -0.25) is 4.90 Å². The van der Waals surface area contributed by atoms with Crippen molar-refractivity contribution in [3.8, 4) is 0 Å². The van der Waals surface area contributed by atoms with Gasteiger partial charge in [0, 0.05) is 29.7 Å². The topological polar surface area (TPSA) is 19.0 Å². The number of fused-ring (bicyclic) bond motifs is 2. The summed E-state index contributed by atoms with van der Waals surface area (Å²) in [6, 6.07) is 9.21. The van der Waals surface area contributed by atoms with E-state index < -0.39 is 0 Å². The molecule has 108 valence electrons. The molecule has 2 nitrogen and oxygen atoms in total. The Bertz CT molecular complexity index is 694. The van der Waals surface area contributed by atoms with Crippen LogP contribution in [0.2, 0.25) is 0 Å². The molecule has 4 rings (SSSR count). The lowest BCUT2D eigenvalue weighted by Gasteiger charge is -2.43. The summed E-state index contributed by atoms with van der Waals surface area (Å²) in [5.74, 6) is 1.41. The van der Waals surface area contributed by atoms with E-state index in [0.29, 0.717) is 12.0 Å². The summed E-state index contributed by atoms with van der Waals surface area (Å²) in [4.78, 5) is 6.04. The molecule has 3 unspecified atom stereocenters. The maximum Gasteiger partial charge on any atom is 0.0457 e. The Morgan fingerprint density at radius 3 is 3.00 bits per heavy atom. The van der Waals surface area contributed by atoms with Crippen molar-refractivity contribution in [3.63, 3.8) is 0 Å². The Morgan fingerprint density at radius 2 is 2.05 bits per heavy atom. The van der Waals surface area contributed by atoms with Gasteiger partial charge in [0.15, 0.2) is 0 Å². The van der Waals surface area contributed by atoms with Crippen LogP contribution in [0.4, 0.5) is 0 Å². The lowest BCUT2D eigenvalue weighted by Crippen LogP contribution is -2.46. The highest BCUT2D eigenvalue weighted by atomic mass is 15.2. The lowest BCUT2D eigenvalue weighted by molar-refractivity contribution is 0.0924. The summed E-state index contributed by atoms with van der Waals surface area (Å²) < 4.78 is 0. The number of nitrogens with zero attached hydrogens (tertiary/aromatic N) is 1. The molecule has 0 radical (unpaired) electrons. The first kappa shape index (κ1) is 12.9. The van der Waals surface area contributed by atoms with Crippen LogP contribution < -0.4 is 0 Å². The van der Waals surface area contributed by atoms with Gasteiger partial charge in [-0.2, -0.15) is 0 Å². The molecule has 2 aromatic rings. The van der Waals surface area contributed by atoms with E-state index in [0.717, 1.165) is 12.5 Å². The Labute approximate surface area is 126 Å². The van der Waals surface area contributed by atoms with Crippen LogP contribution in [0.5, 0.6) is 0 Å². The first-order valence-electron chi connectivity index (χ1n) is 7.97. The fourth-order valence-corrected chi connectivity index (χ4v) is 3.94. The molecule has 1 aliphatic heterocycles. The molecule has 3 atom stereocenters. The third-order valence-corrected chi connectivity index (χ3v) is 5.23. The molecule has 2 heterocycles. The monoisotopic (exact) mass is 278 g/mol. The maximum atomic E-state index is 3.40. The number of nitrogens with one attached hydrogen (secondary N) is 1. The highest BCUT2D eigenvalue weighted by molar-refractivity contribution is 5.82. The van der Waals surface area contributed by atoms with Crippen LogP contribution in [0, 0.1) is 11.8 Å². The minimum absolute atomic E-state index is 0.610. The van der Waals surface area contributed by atoms with E-state index >= 15 is 0 Å². The molecule has 1 aliphatic carbocycles. The number of aromatic nitrogens is 1. The van der Waals surface area contributed by atoms with E-state index in [1.807, 2.05) is 0 Å². The third-order valence-electron chi connectivity index (χ3n) is 5.23. The molecule has 0 saturated carbocycles. The molecule has 1 aromatic heterocycles. The number of allylic oxidation sites excluding steroid dienone is 3. The Kier molecular flexibility index (Phi) is 3.19. The van der Waals surface area contributed by atoms with Crippen molar-refractivity contribution in [2.24, 2.45) is 11.8 Å². The normalized spacial score (nSPS) is 28.9. The van der Waals surface area contributed by atoms with E-state index in [-0.39, 0.29) is 0 Å². The van der Waals surface area contributed by atoms with Crippen molar-refractivity contribution in [2.75, 3.05) is 6.54 Å². The van der Waals surface area contributed by atoms with E-state index in [1.165, 1.54) is 29.4 Å². The molecule has 1 fully saturated rings. The van der Waals surface area contributed by atoms with Gasteiger partial charge >= 0.3 is 0 Å². The lowest BCUT2D eigenvalue weighted by atomic mass is 9.78. The number of likely N-dealkylation sites (tertiary alicyclic amines) is 1. The van der Waals surface area contributed by atoms with Gasteiger partial charge in [-0.05, 0) is 43.4 Å². The number of H-pyrrole nitrogens is 1. The van der Waals surface area contributed by atoms with E-state index in [1.54, 1.807) is 0 Å². The van der Waals surface area contributed by atoms with Gasteiger partial charge in [0.2, 0.25) is 0 Å². The van der Waals surface area contributed by atoms with Gasteiger partial charge in [-0.15, -0.1) is 0 Å². The van der Waals surface area contributed by atoms with Crippen LogP contribution in [-0.4, -0.2) is 22.5 Å². The van der Waals surface area contributed by atoms with Gasteiger partial charge in [0.25, 0.3) is 0 Å². The summed E-state index contributed by atoms with van der Waals surface area (Å²) >= 11 is 0. The molecule has 1 aromatic carbocycles. The predicted octanol–water partition coefficient (Wildman–Crippen LogP) is 4.12. The molecule has 0 amide bonds. The summed E-state index contributed by atoms with van der Waals surface area (Å²) in [5.41, 5.74) is 2.67. The van der Waals surface area contributed by atoms with Gasteiger partial charge < -0.3 is 4.98 Å². The Balaban J connectivity index is 1.57. The average Bonchev–Trinajstić information content (AvgIpc) is 2.94. The van der Waals surface area contributed by atoms with Crippen molar-refractivity contribution in [1.82, 2.24) is 9.88 Å². The van der Waals surface area contributed by atoms with Gasteiger partial charge in [-0.1, -0.05) is 42.5 Å². The molecule has 1 N–H and O–H groups in total. The Morgan fingerprint density at radius 1 is 1.19 bits per heavy atom. The summed E-state index contributed by atoms with van der Waals surface area (Å²) in [7, 11) is 0. The van der Waals surface area contributed by atoms with Gasteiger partial charge in [0.05, 0.1) is 0 Å². The van der Waals surface area contributed by atoms with E-state index in [9.17, 15) is 0 Å². The second kappa shape index (κ2) is 5.19. The number of hydrogen-bond acceptors (Lipinski definition) is 1. The number of para-hydroxylation sites is 1. The summed E-state index contributed by atoms with van der Waals surface area (Å²) in [6.07, 6.45) is 12.7. The van der Waals surface area contributed by atoms with Crippen LogP contribution >= 0.6 is 0 Å². The van der Waals surface area contributed by atoms with Crippen LogP contribution in [0.25, 0.3) is 10.9 Å². The zero-order valence-electron chi connectivity index (χ0n) is 12.5. The number of piperidine rings is 1. The molecule has 1 saturated heterocycles. The molecular formula is C19H22N2. The number of rotatable bonds is 2. The largest absolute Gasteiger partial charge is 0.361 e. The maximum absolute atomic E-state index is 3.40. The fourth-order valence-electron chi connectivity index (χ4n) is 3.94.